The lowest BCUT2D eigenvalue weighted by molar-refractivity contribution is 0.176. The molecule has 0 aliphatic rings. The fraction of sp³-hybridized carbons (Fsp3) is 0.167. The van der Waals surface area contributed by atoms with Gasteiger partial charge in [-0.25, -0.2) is 9.78 Å². The lowest BCUT2D eigenvalue weighted by Crippen LogP contribution is -2.00. The first-order chi connectivity index (χ1) is 16.6. The van der Waals surface area contributed by atoms with E-state index in [4.69, 9.17) is 18.6 Å². The fourth-order valence-electron chi connectivity index (χ4n) is 3.13. The molecule has 0 spiro atoms. The van der Waals surface area contributed by atoms with Crippen molar-refractivity contribution in [3.05, 3.63) is 81.5 Å². The van der Waals surface area contributed by atoms with Crippen LogP contribution in [0.1, 0.15) is 28.5 Å². The number of nitriles is 1. The molecule has 4 rings (SSSR count). The summed E-state index contributed by atoms with van der Waals surface area (Å²) < 4.78 is 26.6. The van der Waals surface area contributed by atoms with Crippen molar-refractivity contribution in [1.82, 2.24) is 15.1 Å². The lowest BCUT2D eigenvalue weighted by Gasteiger charge is -2.07. The smallest absolute Gasteiger partial charge is 0.439 e. The minimum absolute atomic E-state index is 0.0765. The molecule has 172 valence electrons. The molecule has 0 amide bonds. The van der Waals surface area contributed by atoms with Crippen molar-refractivity contribution in [2.24, 2.45) is 0 Å². The molecule has 0 atom stereocenters. The average Bonchev–Trinajstić information content (AvgIpc) is 3.47. The van der Waals surface area contributed by atoms with E-state index >= 15 is 0 Å². The first-order valence-electron chi connectivity index (χ1n) is 10.1. The molecule has 0 unspecified atom stereocenters. The third-order valence-electron chi connectivity index (χ3n) is 4.79. The Labute approximate surface area is 194 Å². The molecule has 4 aromatic rings. The summed E-state index contributed by atoms with van der Waals surface area (Å²) in [5.41, 5.74) is 2.25. The van der Waals surface area contributed by atoms with E-state index < -0.39 is 5.76 Å². The summed E-state index contributed by atoms with van der Waals surface area (Å²) in [5.74, 6) is 1.58. The number of methoxy groups -OCH3 is 2. The summed E-state index contributed by atoms with van der Waals surface area (Å²) >= 11 is 0. The van der Waals surface area contributed by atoms with Gasteiger partial charge in [-0.1, -0.05) is 17.3 Å². The van der Waals surface area contributed by atoms with Gasteiger partial charge in [-0.05, 0) is 42.0 Å². The molecule has 0 fully saturated rings. The number of hydrogen-bond donors (Lipinski definition) is 1. The maximum atomic E-state index is 11.2. The fourth-order valence-corrected chi connectivity index (χ4v) is 3.13. The van der Waals surface area contributed by atoms with Crippen LogP contribution < -0.4 is 15.2 Å². The number of benzene rings is 2. The second-order valence-electron chi connectivity index (χ2n) is 7.01. The zero-order valence-corrected chi connectivity index (χ0v) is 18.4. The summed E-state index contributed by atoms with van der Waals surface area (Å²) in [4.78, 5) is 18.1. The van der Waals surface area contributed by atoms with Crippen molar-refractivity contribution in [3.63, 3.8) is 0 Å². The average molecular weight is 460 g/mol. The first-order valence-corrected chi connectivity index (χ1v) is 10.1. The highest BCUT2D eigenvalue weighted by Gasteiger charge is 2.15. The van der Waals surface area contributed by atoms with Crippen LogP contribution in [0.25, 0.3) is 23.5 Å². The van der Waals surface area contributed by atoms with Crippen molar-refractivity contribution < 1.29 is 23.2 Å². The van der Waals surface area contributed by atoms with E-state index in [-0.39, 0.29) is 24.6 Å². The summed E-state index contributed by atoms with van der Waals surface area (Å²) in [5, 5.41) is 13.1. The van der Waals surface area contributed by atoms with Gasteiger partial charge in [0.1, 0.15) is 29.9 Å². The zero-order valence-electron chi connectivity index (χ0n) is 18.4. The van der Waals surface area contributed by atoms with E-state index in [1.54, 1.807) is 38.5 Å². The number of hydrogen-bond acceptors (Lipinski definition) is 9. The quantitative estimate of drug-likeness (QED) is 0.395. The van der Waals surface area contributed by atoms with E-state index in [0.717, 1.165) is 11.3 Å². The van der Waals surface area contributed by atoms with Gasteiger partial charge in [0.25, 0.3) is 0 Å². The Bertz CT molecular complexity index is 1390. The normalized spacial score (nSPS) is 11.0. The van der Waals surface area contributed by atoms with Crippen LogP contribution in [0.2, 0.25) is 0 Å². The van der Waals surface area contributed by atoms with E-state index in [2.05, 4.69) is 25.7 Å². The van der Waals surface area contributed by atoms with Gasteiger partial charge in [-0.2, -0.15) is 5.26 Å². The van der Waals surface area contributed by atoms with Crippen LogP contribution in [0.4, 0.5) is 0 Å². The number of ether oxygens (including phenoxy) is 3. The van der Waals surface area contributed by atoms with Gasteiger partial charge in [0.15, 0.2) is 11.6 Å². The molecule has 0 saturated carbocycles. The van der Waals surface area contributed by atoms with Crippen molar-refractivity contribution in [2.45, 2.75) is 13.2 Å². The zero-order chi connectivity index (χ0) is 23.9. The Kier molecular flexibility index (Phi) is 6.86. The van der Waals surface area contributed by atoms with Crippen LogP contribution >= 0.6 is 0 Å². The number of oxazole rings is 1. The van der Waals surface area contributed by atoms with Crippen molar-refractivity contribution in [1.29, 1.82) is 5.26 Å². The third-order valence-corrected chi connectivity index (χ3v) is 4.79. The van der Waals surface area contributed by atoms with Gasteiger partial charge in [0, 0.05) is 18.7 Å². The monoisotopic (exact) mass is 460 g/mol. The number of rotatable bonds is 9. The number of nitrogens with zero attached hydrogens (tertiary/aromatic N) is 3. The van der Waals surface area contributed by atoms with Crippen molar-refractivity contribution in [3.8, 4) is 29.0 Å². The number of nitrogens with one attached hydrogen (secondary N) is 1. The largest absolute Gasteiger partial charge is 0.497 e. The van der Waals surface area contributed by atoms with Gasteiger partial charge in [-0.15, -0.1) is 0 Å². The lowest BCUT2D eigenvalue weighted by atomic mass is 10.1. The molecule has 10 heteroatoms. The molecule has 2 aromatic carbocycles. The highest BCUT2D eigenvalue weighted by atomic mass is 16.5. The second kappa shape index (κ2) is 10.3. The molecule has 0 aliphatic heterocycles. The molecule has 0 radical (unpaired) electrons. The molecule has 2 aromatic heterocycles. The molecule has 0 aliphatic carbocycles. The number of H-pyrrole nitrogens is 1. The predicted octanol–water partition coefficient (Wildman–Crippen LogP) is 3.79. The molecule has 10 nitrogen and oxygen atoms in total. The summed E-state index contributed by atoms with van der Waals surface area (Å²) in [6.45, 7) is 0.327. The van der Waals surface area contributed by atoms with E-state index in [1.165, 1.54) is 0 Å². The Balaban J connectivity index is 1.49. The molecule has 0 saturated heterocycles. The van der Waals surface area contributed by atoms with Crippen LogP contribution in [0, 0.1) is 11.3 Å². The Hall–Kier alpha value is -4.62. The van der Waals surface area contributed by atoms with Crippen LogP contribution in [-0.2, 0) is 18.0 Å². The number of aromatic nitrogens is 3. The van der Waals surface area contributed by atoms with Gasteiger partial charge in [0.05, 0.1) is 19.3 Å². The topological polar surface area (TPSA) is 136 Å². The SMILES string of the molecule is COCc1nc(C=Cc2ccc(OC)cc2)oc1COc1ccc(-c2noc(=O)[nH]2)c(C#N)c1. The van der Waals surface area contributed by atoms with Crippen molar-refractivity contribution >= 4 is 12.2 Å². The maximum Gasteiger partial charge on any atom is 0.439 e. The third kappa shape index (κ3) is 5.23. The molecule has 1 N–H and O–H groups in total. The number of aromatic amines is 1. The van der Waals surface area contributed by atoms with Gasteiger partial charge in [0.2, 0.25) is 5.89 Å². The Morgan fingerprint density at radius 3 is 2.56 bits per heavy atom. The van der Waals surface area contributed by atoms with Crippen LogP contribution in [0.15, 0.2) is 56.2 Å². The first kappa shape index (κ1) is 22.6. The molecule has 0 bridgehead atoms. The van der Waals surface area contributed by atoms with Crippen LogP contribution in [0.3, 0.4) is 0 Å². The molecular weight excluding hydrogens is 440 g/mol. The molecular formula is C24H20N4O6. The maximum absolute atomic E-state index is 11.2. The summed E-state index contributed by atoms with van der Waals surface area (Å²) in [6, 6.07) is 14.4. The molecule has 34 heavy (non-hydrogen) atoms. The predicted molar refractivity (Wildman–Crippen MR) is 121 cm³/mol. The van der Waals surface area contributed by atoms with E-state index in [9.17, 15) is 10.1 Å². The standard InChI is InChI=1S/C24H20N4O6/c1-30-13-20-21(33-22(26-20)10-5-15-3-6-17(31-2)7-4-15)14-32-18-8-9-19(16(11-18)12-25)23-27-24(29)34-28-23/h3-11H,13-14H2,1-2H3,(H,27,28,29). The minimum Gasteiger partial charge on any atom is -0.497 e. The summed E-state index contributed by atoms with van der Waals surface area (Å²) in [7, 11) is 3.19. The van der Waals surface area contributed by atoms with Gasteiger partial charge >= 0.3 is 5.76 Å². The van der Waals surface area contributed by atoms with Crippen LogP contribution in [0.5, 0.6) is 11.5 Å². The highest BCUT2D eigenvalue weighted by Crippen LogP contribution is 2.25. The summed E-state index contributed by atoms with van der Waals surface area (Å²) in [6.07, 6.45) is 3.63. The molecule has 2 heterocycles. The minimum atomic E-state index is -0.702. The van der Waals surface area contributed by atoms with Gasteiger partial charge in [-0.3, -0.25) is 9.51 Å². The van der Waals surface area contributed by atoms with Crippen molar-refractivity contribution in [2.75, 3.05) is 14.2 Å². The van der Waals surface area contributed by atoms with Gasteiger partial charge < -0.3 is 18.6 Å². The van der Waals surface area contributed by atoms with Crippen LogP contribution in [-0.4, -0.2) is 29.3 Å². The Morgan fingerprint density at radius 1 is 1.09 bits per heavy atom. The van der Waals surface area contributed by atoms with E-state index in [1.807, 2.05) is 30.3 Å². The second-order valence-corrected chi connectivity index (χ2v) is 7.01. The Morgan fingerprint density at radius 2 is 1.88 bits per heavy atom. The highest BCUT2D eigenvalue weighted by molar-refractivity contribution is 5.67. The van der Waals surface area contributed by atoms with E-state index in [0.29, 0.717) is 28.7 Å².